The van der Waals surface area contributed by atoms with E-state index in [9.17, 15) is 14.7 Å². The van der Waals surface area contributed by atoms with E-state index < -0.39 is 5.91 Å². The summed E-state index contributed by atoms with van der Waals surface area (Å²) in [7, 11) is 1.45. The van der Waals surface area contributed by atoms with E-state index in [2.05, 4.69) is 15.8 Å². The molecule has 0 aliphatic heterocycles. The van der Waals surface area contributed by atoms with Crippen LogP contribution in [0.25, 0.3) is 0 Å². The molecule has 2 aromatic carbocycles. The van der Waals surface area contributed by atoms with Crippen molar-refractivity contribution in [3.05, 3.63) is 53.1 Å². The van der Waals surface area contributed by atoms with Gasteiger partial charge in [0.25, 0.3) is 0 Å². The van der Waals surface area contributed by atoms with Gasteiger partial charge >= 0.3 is 0 Å². The largest absolute Gasteiger partial charge is 0.504 e. The summed E-state index contributed by atoms with van der Waals surface area (Å²) in [6, 6.07) is 10.6. The van der Waals surface area contributed by atoms with Gasteiger partial charge in [-0.15, -0.1) is 0 Å². The number of ether oxygens (including phenoxy) is 1. The van der Waals surface area contributed by atoms with E-state index in [0.29, 0.717) is 11.3 Å². The number of carbonyl (C=O) groups is 2. The quantitative estimate of drug-likeness (QED) is 0.516. The highest BCUT2D eigenvalue weighted by Gasteiger charge is 2.09. The van der Waals surface area contributed by atoms with E-state index in [0.717, 1.165) is 16.8 Å². The number of nitrogens with one attached hydrogen (secondary N) is 2. The fourth-order valence-corrected chi connectivity index (χ4v) is 2.36. The van der Waals surface area contributed by atoms with E-state index in [-0.39, 0.29) is 24.5 Å². The van der Waals surface area contributed by atoms with Crippen LogP contribution in [0.5, 0.6) is 11.5 Å². The van der Waals surface area contributed by atoms with Gasteiger partial charge in [-0.1, -0.05) is 18.2 Å². The Labute approximate surface area is 158 Å². The monoisotopic (exact) mass is 369 g/mol. The third-order valence-electron chi connectivity index (χ3n) is 4.10. The number of hydrazone groups is 1. The number of para-hydroxylation sites is 1. The maximum Gasteiger partial charge on any atom is 0.240 e. The Bertz CT molecular complexity index is 862. The number of phenolic OH excluding ortho intramolecular Hbond substituents is 1. The molecule has 0 atom stereocenters. The molecule has 0 aliphatic rings. The van der Waals surface area contributed by atoms with Crippen molar-refractivity contribution >= 4 is 23.7 Å². The molecule has 7 heteroatoms. The van der Waals surface area contributed by atoms with Crippen LogP contribution in [0.15, 0.2) is 41.5 Å². The zero-order valence-corrected chi connectivity index (χ0v) is 15.6. The van der Waals surface area contributed by atoms with Crippen molar-refractivity contribution in [1.29, 1.82) is 0 Å². The van der Waals surface area contributed by atoms with Crippen LogP contribution in [0.2, 0.25) is 0 Å². The molecular weight excluding hydrogens is 346 g/mol. The average Bonchev–Trinajstić information content (AvgIpc) is 2.65. The first-order valence-electron chi connectivity index (χ1n) is 8.46. The standard InChI is InChI=1S/C20H23N3O4/c1-13-6-4-8-16(14(13)2)22-18(24)10-11-19(25)23-21-12-15-7-5-9-17(27-3)20(15)26/h4-9,12,26H,10-11H2,1-3H3,(H,22,24)(H,23,25)/b21-12+. The van der Waals surface area contributed by atoms with Crippen molar-refractivity contribution in [2.75, 3.05) is 12.4 Å². The molecule has 0 spiro atoms. The Morgan fingerprint density at radius 3 is 2.56 bits per heavy atom. The summed E-state index contributed by atoms with van der Waals surface area (Å²) in [5.41, 5.74) is 5.56. The molecule has 2 rings (SSSR count). The first kappa shape index (κ1) is 20.0. The molecule has 7 nitrogen and oxygen atoms in total. The van der Waals surface area contributed by atoms with Crippen LogP contribution in [0.4, 0.5) is 5.69 Å². The number of nitrogens with zero attached hydrogens (tertiary/aromatic N) is 1. The van der Waals surface area contributed by atoms with Gasteiger partial charge in [0.05, 0.1) is 13.3 Å². The van der Waals surface area contributed by atoms with Gasteiger partial charge < -0.3 is 15.2 Å². The van der Waals surface area contributed by atoms with Crippen LogP contribution in [0, 0.1) is 13.8 Å². The molecule has 2 amide bonds. The van der Waals surface area contributed by atoms with Gasteiger partial charge in [-0.3, -0.25) is 9.59 Å². The van der Waals surface area contributed by atoms with Crippen molar-refractivity contribution in [3.8, 4) is 11.5 Å². The lowest BCUT2D eigenvalue weighted by atomic mass is 10.1. The fourth-order valence-electron chi connectivity index (χ4n) is 2.36. The molecule has 142 valence electrons. The van der Waals surface area contributed by atoms with Gasteiger partial charge in [-0.2, -0.15) is 5.10 Å². The van der Waals surface area contributed by atoms with Gasteiger partial charge in [0, 0.05) is 24.1 Å². The zero-order valence-electron chi connectivity index (χ0n) is 15.6. The first-order valence-corrected chi connectivity index (χ1v) is 8.46. The van der Waals surface area contributed by atoms with E-state index in [1.54, 1.807) is 18.2 Å². The number of rotatable bonds is 7. The lowest BCUT2D eigenvalue weighted by molar-refractivity contribution is -0.124. The van der Waals surface area contributed by atoms with Crippen LogP contribution in [0.3, 0.4) is 0 Å². The predicted molar refractivity (Wildman–Crippen MR) is 104 cm³/mol. The van der Waals surface area contributed by atoms with Crippen LogP contribution in [-0.4, -0.2) is 30.2 Å². The number of hydrogen-bond donors (Lipinski definition) is 3. The SMILES string of the molecule is COc1cccc(/C=N/NC(=O)CCC(=O)Nc2cccc(C)c2C)c1O. The lowest BCUT2D eigenvalue weighted by Crippen LogP contribution is -2.21. The average molecular weight is 369 g/mol. The lowest BCUT2D eigenvalue weighted by Gasteiger charge is -2.10. The van der Waals surface area contributed by atoms with Gasteiger partial charge in [-0.25, -0.2) is 5.43 Å². The minimum Gasteiger partial charge on any atom is -0.504 e. The normalized spacial score (nSPS) is 10.6. The fraction of sp³-hybridized carbons (Fsp3) is 0.250. The van der Waals surface area contributed by atoms with Crippen molar-refractivity contribution in [2.24, 2.45) is 5.10 Å². The summed E-state index contributed by atoms with van der Waals surface area (Å²) in [6.07, 6.45) is 1.35. The molecule has 0 radical (unpaired) electrons. The smallest absolute Gasteiger partial charge is 0.240 e. The van der Waals surface area contributed by atoms with Crippen molar-refractivity contribution in [3.63, 3.8) is 0 Å². The molecular formula is C20H23N3O4. The number of carbonyl (C=O) groups excluding carboxylic acids is 2. The summed E-state index contributed by atoms with van der Waals surface area (Å²) in [5, 5.41) is 16.5. The number of phenols is 1. The second kappa shape index (κ2) is 9.38. The molecule has 27 heavy (non-hydrogen) atoms. The Morgan fingerprint density at radius 2 is 1.81 bits per heavy atom. The molecule has 0 heterocycles. The van der Waals surface area contributed by atoms with E-state index in [1.165, 1.54) is 13.3 Å². The van der Waals surface area contributed by atoms with E-state index >= 15 is 0 Å². The summed E-state index contributed by atoms with van der Waals surface area (Å²) in [5.74, 6) is -0.391. The van der Waals surface area contributed by atoms with Crippen molar-refractivity contribution < 1.29 is 19.4 Å². The summed E-state index contributed by atoms with van der Waals surface area (Å²) in [6.45, 7) is 3.90. The number of anilines is 1. The molecule has 0 saturated carbocycles. The first-order chi connectivity index (χ1) is 12.9. The maximum atomic E-state index is 12.0. The summed E-state index contributed by atoms with van der Waals surface area (Å²) < 4.78 is 5.00. The van der Waals surface area contributed by atoms with E-state index in [1.807, 2.05) is 32.0 Å². The zero-order chi connectivity index (χ0) is 19.8. The number of aryl methyl sites for hydroxylation is 1. The minimum absolute atomic E-state index is 0.00186. The minimum atomic E-state index is -0.398. The van der Waals surface area contributed by atoms with Gasteiger partial charge in [0.2, 0.25) is 11.8 Å². The third kappa shape index (κ3) is 5.57. The number of hydrogen-bond acceptors (Lipinski definition) is 5. The number of aromatic hydroxyl groups is 1. The molecule has 0 aliphatic carbocycles. The number of methoxy groups -OCH3 is 1. The Hall–Kier alpha value is -3.35. The maximum absolute atomic E-state index is 12.0. The van der Waals surface area contributed by atoms with Gasteiger partial charge in [0.1, 0.15) is 0 Å². The van der Waals surface area contributed by atoms with Crippen molar-refractivity contribution in [2.45, 2.75) is 26.7 Å². The Balaban J connectivity index is 1.82. The van der Waals surface area contributed by atoms with Crippen LogP contribution >= 0.6 is 0 Å². The van der Waals surface area contributed by atoms with E-state index in [4.69, 9.17) is 4.74 Å². The number of amides is 2. The van der Waals surface area contributed by atoms with Crippen LogP contribution in [-0.2, 0) is 9.59 Å². The van der Waals surface area contributed by atoms with Crippen LogP contribution < -0.4 is 15.5 Å². The molecule has 0 bridgehead atoms. The molecule has 0 saturated heterocycles. The summed E-state index contributed by atoms with van der Waals surface area (Å²) >= 11 is 0. The summed E-state index contributed by atoms with van der Waals surface area (Å²) in [4.78, 5) is 23.8. The highest BCUT2D eigenvalue weighted by atomic mass is 16.5. The topological polar surface area (TPSA) is 100 Å². The molecule has 2 aromatic rings. The molecule has 0 unspecified atom stereocenters. The molecule has 3 N–H and O–H groups in total. The Kier molecular flexibility index (Phi) is 6.93. The molecule has 0 fully saturated rings. The van der Waals surface area contributed by atoms with Crippen molar-refractivity contribution in [1.82, 2.24) is 5.43 Å². The van der Waals surface area contributed by atoms with Gasteiger partial charge in [-0.05, 0) is 43.2 Å². The highest BCUT2D eigenvalue weighted by Crippen LogP contribution is 2.27. The van der Waals surface area contributed by atoms with Crippen LogP contribution in [0.1, 0.15) is 29.5 Å². The highest BCUT2D eigenvalue weighted by molar-refractivity contribution is 5.94. The predicted octanol–water partition coefficient (Wildman–Crippen LogP) is 2.89. The third-order valence-corrected chi connectivity index (χ3v) is 4.10. The number of benzene rings is 2. The second-order valence-corrected chi connectivity index (χ2v) is 5.99. The van der Waals surface area contributed by atoms with Gasteiger partial charge in [0.15, 0.2) is 11.5 Å². The molecule has 0 aromatic heterocycles. The second-order valence-electron chi connectivity index (χ2n) is 5.99. The Morgan fingerprint density at radius 1 is 1.11 bits per heavy atom.